The lowest BCUT2D eigenvalue weighted by Crippen LogP contribution is -2.50. The lowest BCUT2D eigenvalue weighted by molar-refractivity contribution is 0.184. The minimum atomic E-state index is -0.857. The molecule has 31 heavy (non-hydrogen) atoms. The van der Waals surface area contributed by atoms with E-state index in [4.69, 9.17) is 0 Å². The van der Waals surface area contributed by atoms with E-state index in [1.54, 1.807) is 16.9 Å². The van der Waals surface area contributed by atoms with Crippen molar-refractivity contribution in [3.8, 4) is 27.4 Å². The number of halogens is 1. The quantitative estimate of drug-likeness (QED) is 0.605. The second kappa shape index (κ2) is 8.20. The van der Waals surface area contributed by atoms with E-state index in [-0.39, 0.29) is 11.8 Å². The second-order valence-electron chi connectivity index (χ2n) is 8.54. The molecule has 164 valence electrons. The van der Waals surface area contributed by atoms with Gasteiger partial charge < -0.3 is 15.3 Å². The Morgan fingerprint density at radius 2 is 2.03 bits per heavy atom. The van der Waals surface area contributed by atoms with Crippen molar-refractivity contribution in [3.63, 3.8) is 0 Å². The highest BCUT2D eigenvalue weighted by Crippen LogP contribution is 2.42. The molecule has 0 saturated heterocycles. The number of hydrogen-bond donors (Lipinski definition) is 2. The molecule has 2 aliphatic rings. The van der Waals surface area contributed by atoms with Gasteiger partial charge in [0.15, 0.2) is 5.01 Å². The summed E-state index contributed by atoms with van der Waals surface area (Å²) in [6, 6.07) is 6.01. The zero-order valence-corrected chi connectivity index (χ0v) is 18.5. The van der Waals surface area contributed by atoms with Crippen LogP contribution < -0.4 is 10.2 Å². The van der Waals surface area contributed by atoms with Gasteiger partial charge in [0.05, 0.1) is 17.8 Å². The van der Waals surface area contributed by atoms with Crippen LogP contribution >= 0.6 is 11.3 Å². The van der Waals surface area contributed by atoms with E-state index in [9.17, 15) is 9.50 Å². The third kappa shape index (κ3) is 4.04. The Hall–Kier alpha value is -2.52. The van der Waals surface area contributed by atoms with Gasteiger partial charge in [0.2, 0.25) is 5.13 Å². The van der Waals surface area contributed by atoms with Crippen LogP contribution in [0.3, 0.4) is 0 Å². The number of benzene rings is 1. The van der Waals surface area contributed by atoms with Crippen molar-refractivity contribution in [2.45, 2.75) is 56.4 Å². The Bertz CT molecular complexity index is 1060. The maximum absolute atomic E-state index is 14.9. The molecule has 2 saturated carbocycles. The standard InChI is InChI=1S/C22H27FN6OS/c1-24-15-4-8-18(23)19(10-15)29(16-5-6-16)22-27-26-21(31-22)17-7-3-13(9-20(17)30)14-11-25-28(2)12-14/h3,7,9,11-12,15-16,18-19,24,30H,4-6,8,10H2,1-2H3/t15?,18?,19-/m0/s1. The van der Waals surface area contributed by atoms with Crippen LogP contribution in [0.4, 0.5) is 9.52 Å². The number of phenolic OH excluding ortho intramolecular Hbond substituents is 1. The third-order valence-corrected chi connectivity index (χ3v) is 7.31. The number of aromatic hydroxyl groups is 1. The van der Waals surface area contributed by atoms with Gasteiger partial charge in [-0.25, -0.2) is 4.39 Å². The molecule has 0 bridgehead atoms. The number of rotatable bonds is 6. The molecule has 5 rings (SSSR count). The first kappa shape index (κ1) is 20.4. The molecule has 2 aliphatic carbocycles. The van der Waals surface area contributed by atoms with E-state index in [2.05, 4.69) is 25.5 Å². The number of alkyl halides is 1. The fourth-order valence-corrected chi connectivity index (χ4v) is 5.48. The van der Waals surface area contributed by atoms with E-state index in [1.807, 2.05) is 32.4 Å². The number of nitrogens with one attached hydrogen (secondary N) is 1. The second-order valence-corrected chi connectivity index (χ2v) is 9.50. The molecule has 2 N–H and O–H groups in total. The lowest BCUT2D eigenvalue weighted by atomic mass is 9.88. The summed E-state index contributed by atoms with van der Waals surface area (Å²) in [4.78, 5) is 2.16. The van der Waals surface area contributed by atoms with Crippen molar-refractivity contribution in [1.29, 1.82) is 0 Å². The number of aromatic nitrogens is 4. The van der Waals surface area contributed by atoms with Gasteiger partial charge >= 0.3 is 0 Å². The van der Waals surface area contributed by atoms with E-state index >= 15 is 0 Å². The number of anilines is 1. The Balaban J connectivity index is 1.42. The van der Waals surface area contributed by atoms with Gasteiger partial charge in [-0.15, -0.1) is 10.2 Å². The highest BCUT2D eigenvalue weighted by atomic mass is 32.1. The average molecular weight is 443 g/mol. The molecule has 9 heteroatoms. The molecule has 0 radical (unpaired) electrons. The molecule has 3 atom stereocenters. The van der Waals surface area contributed by atoms with Crippen LogP contribution in [0, 0.1) is 0 Å². The Kier molecular flexibility index (Phi) is 5.39. The van der Waals surface area contributed by atoms with Crippen LogP contribution in [0.15, 0.2) is 30.6 Å². The first-order valence-electron chi connectivity index (χ1n) is 10.8. The van der Waals surface area contributed by atoms with Gasteiger partial charge in [-0.2, -0.15) is 5.10 Å². The molecule has 3 aromatic rings. The van der Waals surface area contributed by atoms with Crippen molar-refractivity contribution in [2.24, 2.45) is 7.05 Å². The van der Waals surface area contributed by atoms with Gasteiger partial charge in [-0.3, -0.25) is 4.68 Å². The summed E-state index contributed by atoms with van der Waals surface area (Å²) in [7, 11) is 3.81. The van der Waals surface area contributed by atoms with E-state index in [1.165, 1.54) is 11.3 Å². The topological polar surface area (TPSA) is 79.1 Å². The van der Waals surface area contributed by atoms with E-state index in [0.717, 1.165) is 41.9 Å². The van der Waals surface area contributed by atoms with Crippen LogP contribution in [-0.4, -0.2) is 56.4 Å². The summed E-state index contributed by atoms with van der Waals surface area (Å²) in [6.45, 7) is 0. The molecule has 2 unspecified atom stereocenters. The van der Waals surface area contributed by atoms with Gasteiger partial charge in [0, 0.05) is 30.9 Å². The Morgan fingerprint density at radius 1 is 1.19 bits per heavy atom. The molecule has 0 spiro atoms. The Morgan fingerprint density at radius 3 is 2.71 bits per heavy atom. The molecule has 7 nitrogen and oxygen atoms in total. The average Bonchev–Trinajstić information content (AvgIpc) is 3.31. The predicted octanol–water partition coefficient (Wildman–Crippen LogP) is 3.76. The van der Waals surface area contributed by atoms with Crippen LogP contribution in [0.5, 0.6) is 5.75 Å². The van der Waals surface area contributed by atoms with E-state index < -0.39 is 6.17 Å². The monoisotopic (exact) mass is 442 g/mol. The molecular weight excluding hydrogens is 415 g/mol. The van der Waals surface area contributed by atoms with Crippen LogP contribution in [0.25, 0.3) is 21.7 Å². The third-order valence-electron chi connectivity index (χ3n) is 6.34. The van der Waals surface area contributed by atoms with E-state index in [0.29, 0.717) is 29.1 Å². The summed E-state index contributed by atoms with van der Waals surface area (Å²) in [5, 5.41) is 28.3. The number of nitrogens with zero attached hydrogens (tertiary/aromatic N) is 5. The first-order valence-corrected chi connectivity index (χ1v) is 11.6. The molecule has 1 aromatic carbocycles. The van der Waals surface area contributed by atoms with Crippen LogP contribution in [0.2, 0.25) is 0 Å². The smallest absolute Gasteiger partial charge is 0.209 e. The van der Waals surface area contributed by atoms with Gasteiger partial charge in [0.1, 0.15) is 11.9 Å². The summed E-state index contributed by atoms with van der Waals surface area (Å²) >= 11 is 1.43. The number of aryl methyl sites for hydroxylation is 1. The maximum Gasteiger partial charge on any atom is 0.209 e. The largest absolute Gasteiger partial charge is 0.507 e. The normalized spacial score (nSPS) is 23.8. The molecule has 2 aromatic heterocycles. The SMILES string of the molecule is CNC1CCC(F)[C@@H](N(c2nnc(-c3ccc(-c4cnn(C)c4)cc3O)s2)C2CC2)C1. The lowest BCUT2D eigenvalue weighted by Gasteiger charge is -2.39. The van der Waals surface area contributed by atoms with Crippen molar-refractivity contribution < 1.29 is 9.50 Å². The molecule has 2 heterocycles. The van der Waals surface area contributed by atoms with Crippen LogP contribution in [-0.2, 0) is 7.05 Å². The fourth-order valence-electron chi connectivity index (χ4n) is 4.47. The van der Waals surface area contributed by atoms with Gasteiger partial charge in [0.25, 0.3) is 0 Å². The maximum atomic E-state index is 14.9. The summed E-state index contributed by atoms with van der Waals surface area (Å²) in [5.41, 5.74) is 2.47. The van der Waals surface area contributed by atoms with Crippen LogP contribution in [0.1, 0.15) is 32.1 Å². The van der Waals surface area contributed by atoms with Gasteiger partial charge in [-0.05, 0) is 56.8 Å². The molecular formula is C22H27FN6OS. The first-order chi connectivity index (χ1) is 15.0. The minimum absolute atomic E-state index is 0.151. The van der Waals surface area contributed by atoms with Crippen molar-refractivity contribution >= 4 is 16.5 Å². The Labute approximate surface area is 184 Å². The van der Waals surface area contributed by atoms with Crippen molar-refractivity contribution in [1.82, 2.24) is 25.3 Å². The highest BCUT2D eigenvalue weighted by molar-refractivity contribution is 7.18. The zero-order valence-electron chi connectivity index (χ0n) is 17.7. The highest BCUT2D eigenvalue weighted by Gasteiger charge is 2.42. The van der Waals surface area contributed by atoms with Gasteiger partial charge in [-0.1, -0.05) is 17.4 Å². The molecule has 0 amide bonds. The number of hydrogen-bond acceptors (Lipinski definition) is 7. The minimum Gasteiger partial charge on any atom is -0.507 e. The molecule has 2 fully saturated rings. The summed E-state index contributed by atoms with van der Waals surface area (Å²) in [5.74, 6) is 0.151. The zero-order chi connectivity index (χ0) is 21.5. The molecule has 0 aliphatic heterocycles. The summed E-state index contributed by atoms with van der Waals surface area (Å²) < 4.78 is 16.7. The predicted molar refractivity (Wildman–Crippen MR) is 120 cm³/mol. The number of phenols is 1. The van der Waals surface area contributed by atoms with Crippen molar-refractivity contribution in [2.75, 3.05) is 11.9 Å². The van der Waals surface area contributed by atoms with Crippen molar-refractivity contribution in [3.05, 3.63) is 30.6 Å². The summed E-state index contributed by atoms with van der Waals surface area (Å²) in [6.07, 6.45) is 7.15. The fraction of sp³-hybridized carbons (Fsp3) is 0.500.